The molecule has 1 unspecified atom stereocenters. The van der Waals surface area contributed by atoms with Gasteiger partial charge >= 0.3 is 6.03 Å². The van der Waals surface area contributed by atoms with Gasteiger partial charge in [0.05, 0.1) is 18.6 Å². The van der Waals surface area contributed by atoms with Gasteiger partial charge in [-0.2, -0.15) is 0 Å². The van der Waals surface area contributed by atoms with Crippen molar-refractivity contribution >= 4 is 28.7 Å². The molecule has 2 aliphatic heterocycles. The first kappa shape index (κ1) is 31.5. The van der Waals surface area contributed by atoms with E-state index in [1.807, 2.05) is 81.4 Å². The molecule has 10 heteroatoms. The molecule has 2 aliphatic rings. The van der Waals surface area contributed by atoms with Gasteiger partial charge in [-0.25, -0.2) is 14.8 Å². The largest absolute Gasteiger partial charge is 0.508 e. The van der Waals surface area contributed by atoms with E-state index in [2.05, 4.69) is 10.3 Å². The number of phenolic OH excluding ortho intramolecular Hbond substituents is 1. The monoisotopic (exact) mass is 608 g/mol. The molecule has 45 heavy (non-hydrogen) atoms. The zero-order valence-electron chi connectivity index (χ0n) is 26.0. The molecule has 0 saturated carbocycles. The van der Waals surface area contributed by atoms with Crippen LogP contribution in [0, 0.1) is 0 Å². The second-order valence-electron chi connectivity index (χ2n) is 10.8. The first-order valence-corrected chi connectivity index (χ1v) is 15.5. The number of nitrogens with zero attached hydrogens (tertiary/aromatic N) is 5. The van der Waals surface area contributed by atoms with Crippen LogP contribution < -0.4 is 5.32 Å². The fraction of sp³-hybridized carbons (Fsp3) is 0.314. The number of hydrogen-bond donors (Lipinski definition) is 2. The standard InChI is InChI=1S/C33H34N6O4.C2H6/c1-2-37-22-30(41)38-28(18-23-13-15-27(40)16-14-23)32(42)36(20-26-11-6-10-25-12-7-17-34-31(25)26)21-29(38)39(37)33(43)35-19-24-8-4-3-5-9-24;1-2/h3-17,28-29,40H,2,18-22H2,1H3,(H,35,43);1-2H3/t28-,29?;/m0./s1. The number of amides is 4. The number of likely N-dealkylation sites (N-methyl/N-ethyl adjacent to an activating group) is 1. The van der Waals surface area contributed by atoms with Crippen LogP contribution in [-0.4, -0.2) is 79.6 Å². The number of carbonyl (C=O) groups is 3. The van der Waals surface area contributed by atoms with Crippen LogP contribution in [0.5, 0.6) is 5.75 Å². The van der Waals surface area contributed by atoms with Crippen molar-refractivity contribution in [1.82, 2.24) is 30.1 Å². The van der Waals surface area contributed by atoms with E-state index in [-0.39, 0.29) is 49.7 Å². The van der Waals surface area contributed by atoms with Crippen molar-refractivity contribution < 1.29 is 19.5 Å². The molecule has 4 aromatic rings. The number of rotatable bonds is 7. The number of hydrazine groups is 1. The normalized spacial score (nSPS) is 18.3. The summed E-state index contributed by atoms with van der Waals surface area (Å²) in [6, 6.07) is 24.9. The molecule has 2 atom stereocenters. The Labute approximate surface area is 263 Å². The van der Waals surface area contributed by atoms with Crippen LogP contribution in [0.2, 0.25) is 0 Å². The molecular formula is C35H40N6O4. The highest BCUT2D eigenvalue weighted by atomic mass is 16.3. The van der Waals surface area contributed by atoms with Crippen LogP contribution in [0.1, 0.15) is 37.5 Å². The summed E-state index contributed by atoms with van der Waals surface area (Å²) >= 11 is 0. The predicted octanol–water partition coefficient (Wildman–Crippen LogP) is 4.54. The first-order valence-electron chi connectivity index (χ1n) is 15.5. The van der Waals surface area contributed by atoms with E-state index in [0.29, 0.717) is 13.1 Å². The molecule has 0 bridgehead atoms. The Bertz CT molecular complexity index is 1630. The lowest BCUT2D eigenvalue weighted by atomic mass is 9.98. The Morgan fingerprint density at radius 2 is 1.67 bits per heavy atom. The van der Waals surface area contributed by atoms with Crippen molar-refractivity contribution in [3.63, 3.8) is 0 Å². The minimum absolute atomic E-state index is 0.0155. The van der Waals surface area contributed by atoms with Gasteiger partial charge in [-0.15, -0.1) is 0 Å². The Kier molecular flexibility index (Phi) is 9.94. The minimum atomic E-state index is -0.831. The average Bonchev–Trinajstić information content (AvgIpc) is 3.07. The molecule has 0 radical (unpaired) electrons. The Balaban J connectivity index is 0.00000196. The van der Waals surface area contributed by atoms with Crippen molar-refractivity contribution in [3.05, 3.63) is 108 Å². The van der Waals surface area contributed by atoms with Gasteiger partial charge in [-0.05, 0) is 34.9 Å². The minimum Gasteiger partial charge on any atom is -0.508 e. The quantitative estimate of drug-likeness (QED) is 0.319. The molecule has 0 spiro atoms. The summed E-state index contributed by atoms with van der Waals surface area (Å²) in [4.78, 5) is 49.6. The number of pyridine rings is 1. The molecule has 2 fully saturated rings. The zero-order chi connectivity index (χ0) is 31.9. The molecule has 0 aliphatic carbocycles. The van der Waals surface area contributed by atoms with E-state index < -0.39 is 12.2 Å². The number of para-hydroxylation sites is 1. The van der Waals surface area contributed by atoms with E-state index >= 15 is 0 Å². The van der Waals surface area contributed by atoms with Crippen LogP contribution in [-0.2, 0) is 29.1 Å². The summed E-state index contributed by atoms with van der Waals surface area (Å²) in [7, 11) is 0. The number of urea groups is 1. The lowest BCUT2D eigenvalue weighted by Crippen LogP contribution is -2.76. The summed E-state index contributed by atoms with van der Waals surface area (Å²) in [6.07, 6.45) is 1.27. The van der Waals surface area contributed by atoms with Gasteiger partial charge in [0.1, 0.15) is 18.0 Å². The third kappa shape index (κ3) is 6.76. The van der Waals surface area contributed by atoms with E-state index in [9.17, 15) is 19.5 Å². The summed E-state index contributed by atoms with van der Waals surface area (Å²) in [5, 5.41) is 17.2. The fourth-order valence-electron chi connectivity index (χ4n) is 6.02. The van der Waals surface area contributed by atoms with Crippen LogP contribution in [0.15, 0.2) is 91.1 Å². The number of aromatic nitrogens is 1. The molecule has 1 aromatic heterocycles. The maximum atomic E-state index is 14.2. The molecule has 2 N–H and O–H groups in total. The number of fused-ring (bicyclic) bond motifs is 2. The van der Waals surface area contributed by atoms with Gasteiger partial charge in [-0.3, -0.25) is 14.6 Å². The highest BCUT2D eigenvalue weighted by Gasteiger charge is 2.51. The molecule has 6 rings (SSSR count). The number of hydrogen-bond acceptors (Lipinski definition) is 6. The first-order chi connectivity index (χ1) is 21.9. The Morgan fingerprint density at radius 3 is 2.40 bits per heavy atom. The maximum Gasteiger partial charge on any atom is 0.334 e. The fourth-order valence-corrected chi connectivity index (χ4v) is 6.02. The van der Waals surface area contributed by atoms with Gasteiger partial charge in [0.15, 0.2) is 0 Å². The maximum absolute atomic E-state index is 14.2. The number of piperazine rings is 1. The van der Waals surface area contributed by atoms with E-state index in [1.54, 1.807) is 50.3 Å². The third-order valence-corrected chi connectivity index (χ3v) is 8.13. The Morgan fingerprint density at radius 1 is 0.933 bits per heavy atom. The van der Waals surface area contributed by atoms with Gasteiger partial charge < -0.3 is 20.2 Å². The second-order valence-corrected chi connectivity index (χ2v) is 10.8. The molecule has 2 saturated heterocycles. The number of aromatic hydroxyl groups is 1. The lowest BCUT2D eigenvalue weighted by Gasteiger charge is -2.55. The topological polar surface area (TPSA) is 109 Å². The van der Waals surface area contributed by atoms with Crippen molar-refractivity contribution in [1.29, 1.82) is 0 Å². The molecule has 3 aromatic carbocycles. The van der Waals surface area contributed by atoms with E-state index in [0.717, 1.165) is 27.6 Å². The number of benzene rings is 3. The highest BCUT2D eigenvalue weighted by molar-refractivity contribution is 5.92. The van der Waals surface area contributed by atoms with Gasteiger partial charge in [-0.1, -0.05) is 87.5 Å². The summed E-state index contributed by atoms with van der Waals surface area (Å²) < 4.78 is 0. The lowest BCUT2D eigenvalue weighted by molar-refractivity contribution is -0.190. The van der Waals surface area contributed by atoms with Gasteiger partial charge in [0.2, 0.25) is 11.8 Å². The van der Waals surface area contributed by atoms with Crippen molar-refractivity contribution in [2.75, 3.05) is 19.6 Å². The number of nitrogens with one attached hydrogen (secondary N) is 1. The highest BCUT2D eigenvalue weighted by Crippen LogP contribution is 2.30. The molecule has 3 heterocycles. The average molecular weight is 609 g/mol. The SMILES string of the molecule is CC.CCN1CC(=O)N2C(CN(Cc3cccc4cccnc34)C(=O)[C@@H]2Cc2ccc(O)cc2)N1C(=O)NCc1ccccc1. The van der Waals surface area contributed by atoms with Crippen molar-refractivity contribution in [2.24, 2.45) is 0 Å². The zero-order valence-corrected chi connectivity index (χ0v) is 26.0. The molecule has 234 valence electrons. The van der Waals surface area contributed by atoms with Crippen LogP contribution in [0.25, 0.3) is 10.9 Å². The summed E-state index contributed by atoms with van der Waals surface area (Å²) in [6.45, 7) is 7.09. The third-order valence-electron chi connectivity index (χ3n) is 8.13. The van der Waals surface area contributed by atoms with E-state index in [1.165, 1.54) is 0 Å². The summed E-state index contributed by atoms with van der Waals surface area (Å²) in [5.41, 5.74) is 3.45. The van der Waals surface area contributed by atoms with Gasteiger partial charge in [0, 0.05) is 37.6 Å². The molecule has 4 amide bonds. The van der Waals surface area contributed by atoms with Crippen LogP contribution in [0.3, 0.4) is 0 Å². The van der Waals surface area contributed by atoms with Crippen LogP contribution in [0.4, 0.5) is 4.79 Å². The predicted molar refractivity (Wildman–Crippen MR) is 173 cm³/mol. The molecular weight excluding hydrogens is 568 g/mol. The number of phenols is 1. The Hall–Kier alpha value is -4.96. The van der Waals surface area contributed by atoms with Crippen molar-refractivity contribution in [3.8, 4) is 5.75 Å². The summed E-state index contributed by atoms with van der Waals surface area (Å²) in [5.74, 6) is -0.279. The second kappa shape index (κ2) is 14.2. The van der Waals surface area contributed by atoms with Crippen molar-refractivity contribution in [2.45, 2.75) is 52.5 Å². The van der Waals surface area contributed by atoms with Gasteiger partial charge in [0.25, 0.3) is 0 Å². The smallest absolute Gasteiger partial charge is 0.334 e. The number of carbonyl (C=O) groups excluding carboxylic acids is 3. The molecule has 10 nitrogen and oxygen atoms in total. The van der Waals surface area contributed by atoms with Crippen LogP contribution >= 0.6 is 0 Å². The van der Waals surface area contributed by atoms with E-state index in [4.69, 9.17) is 0 Å².